The number of carbonyl (C=O) groups is 2. The van der Waals surface area contributed by atoms with E-state index in [2.05, 4.69) is 43.5 Å². The summed E-state index contributed by atoms with van der Waals surface area (Å²) in [6.07, 6.45) is 76.4. The molecule has 0 bridgehead atoms. The van der Waals surface area contributed by atoms with Crippen molar-refractivity contribution in [1.82, 2.24) is 5.32 Å². The van der Waals surface area contributed by atoms with E-state index in [1.54, 1.807) is 0 Å². The molecule has 0 heterocycles. The number of hydrogen-bond donors (Lipinski definition) is 3. The first-order valence-corrected chi connectivity index (χ1v) is 32.6. The van der Waals surface area contributed by atoms with E-state index in [1.807, 2.05) is 0 Å². The second kappa shape index (κ2) is 61.9. The van der Waals surface area contributed by atoms with Gasteiger partial charge < -0.3 is 20.3 Å². The molecule has 0 aromatic heterocycles. The van der Waals surface area contributed by atoms with Gasteiger partial charge in [0.15, 0.2) is 0 Å². The van der Waals surface area contributed by atoms with Gasteiger partial charge >= 0.3 is 5.97 Å². The number of carbonyl (C=O) groups excluding carboxylic acids is 2. The van der Waals surface area contributed by atoms with Crippen LogP contribution in [0.3, 0.4) is 0 Å². The molecular weight excluding hydrogens is 887 g/mol. The average Bonchev–Trinajstić information content (AvgIpc) is 3.38. The van der Waals surface area contributed by atoms with Gasteiger partial charge in [-0.15, -0.1) is 0 Å². The molecule has 0 saturated heterocycles. The fraction of sp³-hybridized carbons (Fsp3) is 0.909. The van der Waals surface area contributed by atoms with Crippen LogP contribution in [0.5, 0.6) is 0 Å². The van der Waals surface area contributed by atoms with E-state index in [4.69, 9.17) is 4.74 Å². The lowest BCUT2D eigenvalue weighted by Crippen LogP contribution is -2.45. The molecule has 0 radical (unpaired) electrons. The van der Waals surface area contributed by atoms with E-state index in [1.165, 1.54) is 283 Å². The zero-order chi connectivity index (χ0) is 52.2. The third kappa shape index (κ3) is 57.6. The number of allylic oxidation sites excluding steroid dienone is 4. The summed E-state index contributed by atoms with van der Waals surface area (Å²) in [6, 6.07) is -0.539. The summed E-state index contributed by atoms with van der Waals surface area (Å²) in [6.45, 7) is 4.96. The van der Waals surface area contributed by atoms with Crippen molar-refractivity contribution in [3.8, 4) is 0 Å². The Morgan fingerprint density at radius 3 is 1.06 bits per heavy atom. The molecule has 0 aromatic rings. The van der Waals surface area contributed by atoms with E-state index < -0.39 is 12.1 Å². The number of aliphatic hydroxyl groups is 2. The summed E-state index contributed by atoms with van der Waals surface area (Å²) in [4.78, 5) is 24.5. The summed E-state index contributed by atoms with van der Waals surface area (Å²) in [5.74, 6) is -0.0189. The Morgan fingerprint density at radius 1 is 0.389 bits per heavy atom. The summed E-state index contributed by atoms with van der Waals surface area (Å²) < 4.78 is 5.48. The van der Waals surface area contributed by atoms with Gasteiger partial charge in [-0.25, -0.2) is 0 Å². The number of hydrogen-bond acceptors (Lipinski definition) is 5. The monoisotopic (exact) mass is 1010 g/mol. The van der Waals surface area contributed by atoms with Gasteiger partial charge in [-0.2, -0.15) is 0 Å². The van der Waals surface area contributed by atoms with Gasteiger partial charge in [-0.05, 0) is 57.8 Å². The molecule has 0 aliphatic rings. The van der Waals surface area contributed by atoms with E-state index in [0.29, 0.717) is 25.9 Å². The molecule has 6 heteroatoms. The van der Waals surface area contributed by atoms with Crippen molar-refractivity contribution in [3.05, 3.63) is 24.3 Å². The highest BCUT2D eigenvalue weighted by Crippen LogP contribution is 2.18. The number of esters is 1. The lowest BCUT2D eigenvalue weighted by atomic mass is 10.0. The maximum absolute atomic E-state index is 12.4. The molecule has 0 spiro atoms. The number of nitrogens with one attached hydrogen (secondary N) is 1. The average molecular weight is 1010 g/mol. The molecule has 0 fully saturated rings. The van der Waals surface area contributed by atoms with Crippen LogP contribution in [-0.4, -0.2) is 47.4 Å². The minimum absolute atomic E-state index is 0.0150. The van der Waals surface area contributed by atoms with Crippen LogP contribution in [0.4, 0.5) is 0 Å². The maximum Gasteiger partial charge on any atom is 0.305 e. The Bertz CT molecular complexity index is 1120. The second-order valence-electron chi connectivity index (χ2n) is 22.5. The van der Waals surface area contributed by atoms with E-state index in [9.17, 15) is 19.8 Å². The van der Waals surface area contributed by atoms with Crippen LogP contribution in [0, 0.1) is 0 Å². The minimum atomic E-state index is -0.662. The zero-order valence-electron chi connectivity index (χ0n) is 48.7. The standard InChI is InChI=1S/C66H127NO5/c1-3-5-7-9-11-13-15-35-40-44-48-52-56-60-66(71)72-61-57-53-49-45-41-37-34-32-30-28-26-24-22-20-18-16-17-19-21-23-25-27-29-31-33-36-39-43-47-51-55-59-65(70)67-63(62-68)64(69)58-54-50-46-42-38-14-12-10-8-6-4-2/h18,20,24,26,63-64,68-69H,3-17,19,21-23,25,27-62H2,1-2H3,(H,67,70)/b20-18-,26-24-. The Balaban J connectivity index is 3.37. The third-order valence-corrected chi connectivity index (χ3v) is 15.3. The van der Waals surface area contributed by atoms with Crippen molar-refractivity contribution in [2.24, 2.45) is 0 Å². The molecule has 72 heavy (non-hydrogen) atoms. The van der Waals surface area contributed by atoms with Crippen LogP contribution in [0.25, 0.3) is 0 Å². The van der Waals surface area contributed by atoms with Gasteiger partial charge in [0.25, 0.3) is 0 Å². The Kier molecular flexibility index (Phi) is 60.5. The van der Waals surface area contributed by atoms with Crippen LogP contribution in [0.15, 0.2) is 24.3 Å². The lowest BCUT2D eigenvalue weighted by molar-refractivity contribution is -0.143. The summed E-state index contributed by atoms with van der Waals surface area (Å²) in [5.41, 5.74) is 0. The minimum Gasteiger partial charge on any atom is -0.466 e. The Labute approximate surface area is 450 Å². The molecule has 2 atom stereocenters. The van der Waals surface area contributed by atoms with Gasteiger partial charge in [0, 0.05) is 12.8 Å². The van der Waals surface area contributed by atoms with Gasteiger partial charge in [-0.1, -0.05) is 314 Å². The van der Waals surface area contributed by atoms with Crippen molar-refractivity contribution in [3.63, 3.8) is 0 Å². The SMILES string of the molecule is CCCCCCCCCCCCCCCC(=O)OCCCCCCCCCCC/C=C\C/C=C\CCCCCCCCCCCCCCCCCC(=O)NC(CO)C(O)CCCCCCCCCCCCC. The topological polar surface area (TPSA) is 95.9 Å². The molecule has 0 aliphatic heterocycles. The number of unbranched alkanes of at least 4 members (excludes halogenated alkanes) is 46. The highest BCUT2D eigenvalue weighted by Gasteiger charge is 2.20. The fourth-order valence-electron chi connectivity index (χ4n) is 10.3. The molecule has 0 rings (SSSR count). The molecule has 6 nitrogen and oxygen atoms in total. The number of rotatable bonds is 61. The first-order chi connectivity index (χ1) is 35.5. The van der Waals surface area contributed by atoms with Crippen molar-refractivity contribution >= 4 is 11.9 Å². The van der Waals surface area contributed by atoms with Crippen LogP contribution in [0.1, 0.15) is 361 Å². The van der Waals surface area contributed by atoms with Crippen LogP contribution < -0.4 is 5.32 Å². The number of ether oxygens (including phenoxy) is 1. The predicted octanol–water partition coefficient (Wildman–Crippen LogP) is 20.6. The van der Waals surface area contributed by atoms with E-state index in [-0.39, 0.29) is 18.5 Å². The second-order valence-corrected chi connectivity index (χ2v) is 22.5. The number of aliphatic hydroxyl groups excluding tert-OH is 2. The summed E-state index contributed by atoms with van der Waals surface area (Å²) in [7, 11) is 0. The van der Waals surface area contributed by atoms with Crippen molar-refractivity contribution in [1.29, 1.82) is 0 Å². The molecule has 426 valence electrons. The third-order valence-electron chi connectivity index (χ3n) is 15.3. The van der Waals surface area contributed by atoms with Gasteiger partial charge in [0.2, 0.25) is 5.91 Å². The molecule has 3 N–H and O–H groups in total. The van der Waals surface area contributed by atoms with Crippen LogP contribution >= 0.6 is 0 Å². The number of amides is 1. The van der Waals surface area contributed by atoms with Crippen LogP contribution in [0.2, 0.25) is 0 Å². The molecular formula is C66H127NO5. The van der Waals surface area contributed by atoms with Crippen molar-refractivity contribution in [2.45, 2.75) is 373 Å². The van der Waals surface area contributed by atoms with Crippen molar-refractivity contribution in [2.75, 3.05) is 13.2 Å². The predicted molar refractivity (Wildman–Crippen MR) is 315 cm³/mol. The Hall–Kier alpha value is -1.66. The first-order valence-electron chi connectivity index (χ1n) is 32.6. The zero-order valence-corrected chi connectivity index (χ0v) is 48.7. The summed E-state index contributed by atoms with van der Waals surface area (Å²) >= 11 is 0. The quantitative estimate of drug-likeness (QED) is 0.0320. The molecule has 2 unspecified atom stereocenters. The molecule has 0 aromatic carbocycles. The fourth-order valence-corrected chi connectivity index (χ4v) is 10.3. The van der Waals surface area contributed by atoms with Gasteiger partial charge in [0.1, 0.15) is 0 Å². The first kappa shape index (κ1) is 70.3. The van der Waals surface area contributed by atoms with Crippen molar-refractivity contribution < 1.29 is 24.5 Å². The summed E-state index contributed by atoms with van der Waals surface area (Å²) in [5, 5.41) is 23.2. The largest absolute Gasteiger partial charge is 0.466 e. The van der Waals surface area contributed by atoms with Crippen LogP contribution in [-0.2, 0) is 14.3 Å². The smallest absolute Gasteiger partial charge is 0.305 e. The van der Waals surface area contributed by atoms with E-state index >= 15 is 0 Å². The lowest BCUT2D eigenvalue weighted by Gasteiger charge is -2.22. The highest BCUT2D eigenvalue weighted by atomic mass is 16.5. The molecule has 0 aliphatic carbocycles. The highest BCUT2D eigenvalue weighted by molar-refractivity contribution is 5.76. The van der Waals surface area contributed by atoms with Gasteiger partial charge in [0.05, 0.1) is 25.4 Å². The van der Waals surface area contributed by atoms with Gasteiger partial charge in [-0.3, -0.25) is 9.59 Å². The van der Waals surface area contributed by atoms with E-state index in [0.717, 1.165) is 44.9 Å². The Morgan fingerprint density at radius 2 is 0.694 bits per heavy atom. The molecule has 0 saturated carbocycles. The normalized spacial score (nSPS) is 12.7. The molecule has 1 amide bonds. The maximum atomic E-state index is 12.4.